The molecule has 42 heavy (non-hydrogen) atoms. The van der Waals surface area contributed by atoms with Gasteiger partial charge in [0, 0.05) is 35.2 Å². The van der Waals surface area contributed by atoms with Crippen molar-refractivity contribution in [1.29, 1.82) is 0 Å². The summed E-state index contributed by atoms with van der Waals surface area (Å²) in [5.74, 6) is -2.39. The van der Waals surface area contributed by atoms with Gasteiger partial charge in [0.15, 0.2) is 0 Å². The summed E-state index contributed by atoms with van der Waals surface area (Å²) in [5.41, 5.74) is 1.64. The molecule has 0 saturated carbocycles. The molecule has 3 heterocycles. The molecule has 0 amide bonds. The molecule has 5 aromatic rings. The van der Waals surface area contributed by atoms with Crippen LogP contribution in [0.1, 0.15) is 33.7 Å². The molecule has 1 fully saturated rings. The van der Waals surface area contributed by atoms with Gasteiger partial charge in [-0.3, -0.25) is 0 Å². The van der Waals surface area contributed by atoms with E-state index in [1.165, 1.54) is 42.5 Å². The van der Waals surface area contributed by atoms with Crippen LogP contribution in [0.15, 0.2) is 66.7 Å². The van der Waals surface area contributed by atoms with Crippen LogP contribution in [0.3, 0.4) is 0 Å². The predicted molar refractivity (Wildman–Crippen MR) is 149 cm³/mol. The van der Waals surface area contributed by atoms with E-state index >= 15 is 8.78 Å². The largest absolute Gasteiger partial charge is 0.478 e. The van der Waals surface area contributed by atoms with Crippen LogP contribution in [0.25, 0.3) is 22.3 Å². The van der Waals surface area contributed by atoms with Gasteiger partial charge >= 0.3 is 5.97 Å². The molecule has 0 unspecified atom stereocenters. The normalized spacial score (nSPS) is 14.6. The van der Waals surface area contributed by atoms with Gasteiger partial charge in [0.25, 0.3) is 0 Å². The first-order valence-corrected chi connectivity index (χ1v) is 13.5. The fourth-order valence-corrected chi connectivity index (χ4v) is 4.96. The summed E-state index contributed by atoms with van der Waals surface area (Å²) in [6.45, 7) is 0.913. The Kier molecular flexibility index (Phi) is 7.57. The first-order valence-electron chi connectivity index (χ1n) is 13.1. The van der Waals surface area contributed by atoms with Crippen LogP contribution in [-0.2, 0) is 24.3 Å². The highest BCUT2D eigenvalue weighted by Gasteiger charge is 2.23. The maximum Gasteiger partial charge on any atom is 0.335 e. The lowest BCUT2D eigenvalue weighted by molar-refractivity contribution is -0.0589. The lowest BCUT2D eigenvalue weighted by Crippen LogP contribution is -2.31. The summed E-state index contributed by atoms with van der Waals surface area (Å²) in [5, 5.41) is 9.70. The molecule has 0 bridgehead atoms. The van der Waals surface area contributed by atoms with E-state index in [2.05, 4.69) is 9.97 Å². The molecule has 1 atom stereocenters. The number of nitrogens with zero attached hydrogens (tertiary/aromatic N) is 3. The second-order valence-corrected chi connectivity index (χ2v) is 10.4. The molecular formula is C31H23ClF3N3O4. The molecule has 11 heteroatoms. The number of carboxylic acid groups (broad SMARTS) is 1. The summed E-state index contributed by atoms with van der Waals surface area (Å²) in [4.78, 5) is 20.4. The van der Waals surface area contributed by atoms with E-state index in [1.807, 2.05) is 4.57 Å². The molecule has 214 valence electrons. The Labute approximate surface area is 243 Å². The summed E-state index contributed by atoms with van der Waals surface area (Å²) in [7, 11) is 0. The highest BCUT2D eigenvalue weighted by atomic mass is 35.5. The van der Waals surface area contributed by atoms with Crippen LogP contribution >= 0.6 is 11.6 Å². The van der Waals surface area contributed by atoms with E-state index in [-0.39, 0.29) is 58.0 Å². The summed E-state index contributed by atoms with van der Waals surface area (Å²) in [6.07, 6.45) is 0.728. The van der Waals surface area contributed by atoms with Crippen molar-refractivity contribution in [3.05, 3.63) is 112 Å². The van der Waals surface area contributed by atoms with Crippen molar-refractivity contribution in [2.45, 2.75) is 32.1 Å². The zero-order chi connectivity index (χ0) is 29.4. The molecule has 0 spiro atoms. The van der Waals surface area contributed by atoms with Gasteiger partial charge < -0.3 is 19.1 Å². The molecule has 0 aliphatic carbocycles. The van der Waals surface area contributed by atoms with E-state index < -0.39 is 23.4 Å². The molecule has 2 aromatic heterocycles. The van der Waals surface area contributed by atoms with E-state index in [4.69, 9.17) is 21.1 Å². The minimum absolute atomic E-state index is 0.0317. The number of ether oxygens (including phenoxy) is 2. The minimum atomic E-state index is -1.07. The number of carboxylic acids is 1. The first kappa shape index (κ1) is 27.7. The van der Waals surface area contributed by atoms with Crippen molar-refractivity contribution in [2.75, 3.05) is 6.61 Å². The number of fused-ring (bicyclic) bond motifs is 1. The van der Waals surface area contributed by atoms with Crippen LogP contribution in [0.5, 0.6) is 5.88 Å². The van der Waals surface area contributed by atoms with Crippen molar-refractivity contribution in [1.82, 2.24) is 14.5 Å². The third kappa shape index (κ3) is 5.68. The van der Waals surface area contributed by atoms with Crippen LogP contribution in [-0.4, -0.2) is 38.3 Å². The number of carbonyl (C=O) groups is 1. The van der Waals surface area contributed by atoms with Gasteiger partial charge in [-0.05, 0) is 60.5 Å². The minimum Gasteiger partial charge on any atom is -0.478 e. The van der Waals surface area contributed by atoms with Crippen LogP contribution in [0.4, 0.5) is 13.2 Å². The molecular weight excluding hydrogens is 571 g/mol. The van der Waals surface area contributed by atoms with Crippen molar-refractivity contribution in [3.63, 3.8) is 0 Å². The lowest BCUT2D eigenvalue weighted by atomic mass is 10.0. The van der Waals surface area contributed by atoms with Gasteiger partial charge in [0.2, 0.25) is 5.88 Å². The maximum absolute atomic E-state index is 15.4. The molecule has 1 N–H and O–H groups in total. The maximum atomic E-state index is 15.4. The summed E-state index contributed by atoms with van der Waals surface area (Å²) in [6, 6.07) is 15.6. The number of benzene rings is 3. The van der Waals surface area contributed by atoms with E-state index in [9.17, 15) is 14.3 Å². The smallest absolute Gasteiger partial charge is 0.335 e. The number of hydrogen-bond acceptors (Lipinski definition) is 5. The van der Waals surface area contributed by atoms with Crippen molar-refractivity contribution in [2.24, 2.45) is 0 Å². The van der Waals surface area contributed by atoms with Crippen molar-refractivity contribution in [3.8, 4) is 17.1 Å². The summed E-state index contributed by atoms with van der Waals surface area (Å²) >= 11 is 5.79. The number of aromatic carboxylic acids is 1. The fraction of sp³-hybridized carbons (Fsp3) is 0.194. The number of rotatable bonds is 9. The monoisotopic (exact) mass is 593 g/mol. The van der Waals surface area contributed by atoms with Gasteiger partial charge in [-0.2, -0.15) is 0 Å². The van der Waals surface area contributed by atoms with Gasteiger partial charge in [-0.15, -0.1) is 0 Å². The second-order valence-electron chi connectivity index (χ2n) is 9.91. The van der Waals surface area contributed by atoms with Gasteiger partial charge in [0.05, 0.1) is 34.9 Å². The molecule has 7 nitrogen and oxygen atoms in total. The third-order valence-electron chi connectivity index (χ3n) is 7.13. The third-order valence-corrected chi connectivity index (χ3v) is 7.36. The van der Waals surface area contributed by atoms with Gasteiger partial charge in [-0.25, -0.2) is 27.9 Å². The van der Waals surface area contributed by atoms with E-state index in [0.717, 1.165) is 18.6 Å². The SMILES string of the molecule is O=C(O)c1ccc2nc(Cc3cc(F)c(-c4cccc(OCc5ccc(Cl)cc5F)n4)cc3F)n(C[C@@H]3CCO3)c2c1. The Hall–Kier alpha value is -4.41. The number of aromatic nitrogens is 3. The standard InChI is InChI=1S/C31H23ClF3N3O4/c32-20-6-4-18(23(33)13-20)16-42-30-3-1-2-26(37-30)22-14-24(34)19(10-25(22)35)12-29-36-27-7-5-17(31(39)40)11-28(27)38(29)15-21-8-9-41-21/h1-7,10-11,13-14,21H,8-9,12,15-16H2,(H,39,40)/t21-/m0/s1. The Morgan fingerprint density at radius 1 is 1.00 bits per heavy atom. The molecule has 3 aromatic carbocycles. The molecule has 0 radical (unpaired) electrons. The summed E-state index contributed by atoms with van der Waals surface area (Å²) < 4.78 is 57.9. The average Bonchev–Trinajstić information content (AvgIpc) is 3.28. The van der Waals surface area contributed by atoms with Gasteiger partial charge in [0.1, 0.15) is 29.9 Å². The first-order chi connectivity index (χ1) is 20.2. The number of halogens is 4. The van der Waals surface area contributed by atoms with Gasteiger partial charge in [-0.1, -0.05) is 23.7 Å². The quantitative estimate of drug-likeness (QED) is 0.202. The van der Waals surface area contributed by atoms with E-state index in [1.54, 1.807) is 12.1 Å². The Balaban J connectivity index is 1.27. The molecule has 6 rings (SSSR count). The Bertz CT molecular complexity index is 1820. The van der Waals surface area contributed by atoms with Crippen LogP contribution < -0.4 is 4.74 Å². The predicted octanol–water partition coefficient (Wildman–Crippen LogP) is 6.83. The fourth-order valence-electron chi connectivity index (χ4n) is 4.80. The lowest BCUT2D eigenvalue weighted by Gasteiger charge is -2.27. The Morgan fingerprint density at radius 2 is 1.81 bits per heavy atom. The molecule has 1 aliphatic heterocycles. The van der Waals surface area contributed by atoms with E-state index in [0.29, 0.717) is 30.0 Å². The zero-order valence-electron chi connectivity index (χ0n) is 22.0. The Morgan fingerprint density at radius 3 is 2.55 bits per heavy atom. The average molecular weight is 594 g/mol. The number of imidazole rings is 1. The highest BCUT2D eigenvalue weighted by Crippen LogP contribution is 2.29. The van der Waals surface area contributed by atoms with Crippen molar-refractivity contribution < 1.29 is 32.5 Å². The molecule has 1 saturated heterocycles. The topological polar surface area (TPSA) is 86.5 Å². The molecule has 1 aliphatic rings. The number of hydrogen-bond donors (Lipinski definition) is 1. The zero-order valence-corrected chi connectivity index (χ0v) is 22.7. The van der Waals surface area contributed by atoms with Crippen LogP contribution in [0, 0.1) is 17.5 Å². The highest BCUT2D eigenvalue weighted by molar-refractivity contribution is 6.30. The van der Waals surface area contributed by atoms with Crippen LogP contribution in [0.2, 0.25) is 5.02 Å². The number of pyridine rings is 1. The second kappa shape index (κ2) is 11.5. The van der Waals surface area contributed by atoms with Crippen molar-refractivity contribution >= 4 is 28.6 Å².